The maximum atomic E-state index is 12.0. The van der Waals surface area contributed by atoms with Gasteiger partial charge >= 0.3 is 5.63 Å². The van der Waals surface area contributed by atoms with Gasteiger partial charge in [0.2, 0.25) is 11.1 Å². The summed E-state index contributed by atoms with van der Waals surface area (Å²) in [6.07, 6.45) is 0. The van der Waals surface area contributed by atoms with E-state index >= 15 is 0 Å². The molecule has 3 heterocycles. The van der Waals surface area contributed by atoms with E-state index in [0.717, 1.165) is 15.8 Å². The summed E-state index contributed by atoms with van der Waals surface area (Å²) in [6, 6.07) is 10.5. The van der Waals surface area contributed by atoms with Crippen LogP contribution in [0.2, 0.25) is 0 Å². The molecule has 4 rings (SSSR count). The fourth-order valence-corrected chi connectivity index (χ4v) is 4.27. The topological polar surface area (TPSA) is 116 Å². The minimum Gasteiger partial charge on any atom is -0.423 e. The Labute approximate surface area is 167 Å². The number of nitrogens with two attached hydrogens (primary N) is 1. The first kappa shape index (κ1) is 18.3. The van der Waals surface area contributed by atoms with Crippen molar-refractivity contribution in [1.29, 1.82) is 0 Å². The summed E-state index contributed by atoms with van der Waals surface area (Å²) >= 11 is 2.91. The van der Waals surface area contributed by atoms with Gasteiger partial charge in [-0.1, -0.05) is 17.8 Å². The van der Waals surface area contributed by atoms with Gasteiger partial charge in [0.1, 0.15) is 5.58 Å². The molecule has 0 atom stereocenters. The van der Waals surface area contributed by atoms with Crippen molar-refractivity contribution in [3.63, 3.8) is 0 Å². The van der Waals surface area contributed by atoms with Gasteiger partial charge in [-0.2, -0.15) is 0 Å². The number of carbonyl (C=O) groups is 1. The number of nitrogens with one attached hydrogen (secondary N) is 1. The highest BCUT2D eigenvalue weighted by molar-refractivity contribution is 7.98. The number of anilines is 1. The maximum Gasteiger partial charge on any atom is 0.336 e. The summed E-state index contributed by atoms with van der Waals surface area (Å²) in [5, 5.41) is 14.2. The van der Waals surface area contributed by atoms with Crippen LogP contribution in [0.1, 0.15) is 12.5 Å². The molecule has 0 fully saturated rings. The van der Waals surface area contributed by atoms with Crippen molar-refractivity contribution in [3.8, 4) is 10.7 Å². The van der Waals surface area contributed by atoms with Crippen LogP contribution in [0.25, 0.3) is 21.7 Å². The summed E-state index contributed by atoms with van der Waals surface area (Å²) < 4.78 is 6.72. The Balaban J connectivity index is 1.62. The van der Waals surface area contributed by atoms with Gasteiger partial charge in [0.15, 0.2) is 5.82 Å². The monoisotopic (exact) mass is 413 g/mol. The molecule has 1 aromatic carbocycles. The molecule has 0 bridgehead atoms. The number of nitrogen functional groups attached to an aromatic ring is 1. The van der Waals surface area contributed by atoms with Gasteiger partial charge in [-0.3, -0.25) is 4.79 Å². The third-order valence-electron chi connectivity index (χ3n) is 3.91. The lowest BCUT2D eigenvalue weighted by molar-refractivity contribution is -0.114. The Morgan fingerprint density at radius 3 is 2.93 bits per heavy atom. The van der Waals surface area contributed by atoms with Crippen LogP contribution in [-0.4, -0.2) is 20.8 Å². The number of nitrogens with zero attached hydrogens (tertiary/aromatic N) is 3. The zero-order valence-electron chi connectivity index (χ0n) is 14.7. The molecule has 0 aliphatic heterocycles. The van der Waals surface area contributed by atoms with Gasteiger partial charge in [-0.05, 0) is 29.1 Å². The zero-order valence-corrected chi connectivity index (χ0v) is 16.3. The lowest BCUT2D eigenvalue weighted by Crippen LogP contribution is -2.11. The van der Waals surface area contributed by atoms with Gasteiger partial charge in [-0.25, -0.2) is 9.47 Å². The average Bonchev–Trinajstić information content (AvgIpc) is 3.28. The number of hydrogen-bond donors (Lipinski definition) is 2. The SMILES string of the molecule is CC(=O)Nc1ccc2c(CSc3nnc(-c4cccs4)n3N)cc(=O)oc2c1. The molecule has 0 spiro atoms. The molecule has 142 valence electrons. The molecule has 3 N–H and O–H groups in total. The molecule has 0 unspecified atom stereocenters. The number of thiophene rings is 1. The van der Waals surface area contributed by atoms with E-state index in [0.29, 0.717) is 28.0 Å². The molecule has 8 nitrogen and oxygen atoms in total. The molecule has 3 aromatic heterocycles. The molecule has 1 amide bonds. The fraction of sp³-hybridized carbons (Fsp3) is 0.111. The van der Waals surface area contributed by atoms with Crippen molar-refractivity contribution in [1.82, 2.24) is 14.9 Å². The van der Waals surface area contributed by atoms with Crippen LogP contribution >= 0.6 is 23.1 Å². The van der Waals surface area contributed by atoms with Gasteiger partial charge in [0.25, 0.3) is 0 Å². The zero-order chi connectivity index (χ0) is 19.7. The van der Waals surface area contributed by atoms with Crippen molar-refractivity contribution < 1.29 is 9.21 Å². The second-order valence-corrected chi connectivity index (χ2v) is 7.82. The summed E-state index contributed by atoms with van der Waals surface area (Å²) in [5.74, 6) is 6.98. The van der Waals surface area contributed by atoms with Crippen LogP contribution in [0.5, 0.6) is 0 Å². The van der Waals surface area contributed by atoms with Crippen LogP contribution < -0.4 is 16.8 Å². The van der Waals surface area contributed by atoms with E-state index in [9.17, 15) is 9.59 Å². The maximum absolute atomic E-state index is 12.0. The summed E-state index contributed by atoms with van der Waals surface area (Å²) in [5.41, 5.74) is 1.29. The number of aromatic nitrogens is 3. The number of carbonyl (C=O) groups excluding carboxylic acids is 1. The van der Waals surface area contributed by atoms with Crippen molar-refractivity contribution >= 4 is 45.7 Å². The number of thioether (sulfide) groups is 1. The quantitative estimate of drug-likeness (QED) is 0.293. The molecule has 4 aromatic rings. The van der Waals surface area contributed by atoms with Crippen molar-refractivity contribution in [2.75, 3.05) is 11.2 Å². The van der Waals surface area contributed by atoms with E-state index in [1.807, 2.05) is 23.6 Å². The van der Waals surface area contributed by atoms with Crippen LogP contribution in [0, 0.1) is 0 Å². The van der Waals surface area contributed by atoms with Gasteiger partial charge < -0.3 is 15.6 Å². The van der Waals surface area contributed by atoms with E-state index in [4.69, 9.17) is 10.3 Å². The van der Waals surface area contributed by atoms with E-state index in [-0.39, 0.29) is 5.91 Å². The summed E-state index contributed by atoms with van der Waals surface area (Å²) in [7, 11) is 0. The third-order valence-corrected chi connectivity index (χ3v) is 5.77. The Morgan fingerprint density at radius 1 is 1.32 bits per heavy atom. The Morgan fingerprint density at radius 2 is 2.18 bits per heavy atom. The summed E-state index contributed by atoms with van der Waals surface area (Å²) in [6.45, 7) is 1.42. The highest BCUT2D eigenvalue weighted by atomic mass is 32.2. The van der Waals surface area contributed by atoms with E-state index in [1.165, 1.54) is 40.8 Å². The molecule has 0 saturated heterocycles. The van der Waals surface area contributed by atoms with Crippen LogP contribution in [0.15, 0.2) is 56.1 Å². The van der Waals surface area contributed by atoms with Crippen LogP contribution in [-0.2, 0) is 10.5 Å². The number of benzene rings is 1. The molecular formula is C18H15N5O3S2. The molecule has 28 heavy (non-hydrogen) atoms. The highest BCUT2D eigenvalue weighted by Gasteiger charge is 2.14. The first-order valence-corrected chi connectivity index (χ1v) is 10.1. The second kappa shape index (κ2) is 7.49. The predicted molar refractivity (Wildman–Crippen MR) is 110 cm³/mol. The first-order valence-electron chi connectivity index (χ1n) is 8.23. The van der Waals surface area contributed by atoms with E-state index < -0.39 is 5.63 Å². The van der Waals surface area contributed by atoms with Gasteiger partial charge in [0.05, 0.1) is 4.88 Å². The van der Waals surface area contributed by atoms with Crippen LogP contribution in [0.4, 0.5) is 5.69 Å². The lowest BCUT2D eigenvalue weighted by atomic mass is 10.1. The Bertz CT molecular complexity index is 1210. The molecular weight excluding hydrogens is 398 g/mol. The minimum absolute atomic E-state index is 0.197. The third kappa shape index (κ3) is 3.64. The van der Waals surface area contributed by atoms with Crippen molar-refractivity contribution in [2.24, 2.45) is 0 Å². The van der Waals surface area contributed by atoms with Gasteiger partial charge in [-0.15, -0.1) is 21.5 Å². The van der Waals surface area contributed by atoms with Crippen molar-refractivity contribution in [2.45, 2.75) is 17.8 Å². The highest BCUT2D eigenvalue weighted by Crippen LogP contribution is 2.29. The second-order valence-electron chi connectivity index (χ2n) is 5.92. The molecule has 0 aliphatic rings. The smallest absolute Gasteiger partial charge is 0.336 e. The van der Waals surface area contributed by atoms with Crippen molar-refractivity contribution in [3.05, 3.63) is 57.8 Å². The average molecular weight is 413 g/mol. The first-order chi connectivity index (χ1) is 13.5. The molecule has 0 radical (unpaired) electrons. The van der Waals surface area contributed by atoms with E-state index in [1.54, 1.807) is 12.1 Å². The Kier molecular flexibility index (Phi) is 4.88. The van der Waals surface area contributed by atoms with E-state index in [2.05, 4.69) is 15.5 Å². The molecule has 0 saturated carbocycles. The number of amides is 1. The number of hydrogen-bond acceptors (Lipinski definition) is 8. The minimum atomic E-state index is -0.462. The summed E-state index contributed by atoms with van der Waals surface area (Å²) in [4.78, 5) is 24.1. The lowest BCUT2D eigenvalue weighted by Gasteiger charge is -2.07. The Hall–Kier alpha value is -3.11. The normalized spacial score (nSPS) is 11.0. The standard InChI is InChI=1S/C18H15N5O3S2/c1-10(24)20-12-4-5-13-11(7-16(25)26-14(13)8-12)9-28-18-22-21-17(23(18)19)15-3-2-6-27-15/h2-8H,9,19H2,1H3,(H,20,24). The largest absolute Gasteiger partial charge is 0.423 e. The fourth-order valence-electron chi connectivity index (χ4n) is 2.72. The number of fused-ring (bicyclic) bond motifs is 1. The number of rotatable bonds is 5. The van der Waals surface area contributed by atoms with Crippen LogP contribution in [0.3, 0.4) is 0 Å². The molecule has 0 aliphatic carbocycles. The van der Waals surface area contributed by atoms with Gasteiger partial charge in [0, 0.05) is 35.9 Å². The predicted octanol–water partition coefficient (Wildman–Crippen LogP) is 3.08. The molecule has 10 heteroatoms.